The number of nitrogens with zero attached hydrogens (tertiary/aromatic N) is 1. The molecular formula is C11H20N2O3. The lowest BCUT2D eigenvalue weighted by molar-refractivity contribution is -0.154. The summed E-state index contributed by atoms with van der Waals surface area (Å²) >= 11 is 0. The van der Waals surface area contributed by atoms with Crippen LogP contribution in [0.15, 0.2) is 0 Å². The summed E-state index contributed by atoms with van der Waals surface area (Å²) in [5.74, 6) is 0.0626. The SMILES string of the molecule is COCC(=O)N1CC(OC2CCNCC2)C1. The van der Waals surface area contributed by atoms with Gasteiger partial charge in [0.25, 0.3) is 0 Å². The molecule has 1 amide bonds. The minimum absolute atomic E-state index is 0.0626. The van der Waals surface area contributed by atoms with Crippen molar-refractivity contribution < 1.29 is 14.3 Å². The zero-order valence-electron chi connectivity index (χ0n) is 9.78. The van der Waals surface area contributed by atoms with Crippen LogP contribution in [0.4, 0.5) is 0 Å². The first kappa shape index (κ1) is 11.8. The van der Waals surface area contributed by atoms with Gasteiger partial charge in [0.2, 0.25) is 5.91 Å². The molecule has 2 heterocycles. The number of methoxy groups -OCH3 is 1. The molecule has 0 aromatic carbocycles. The molecule has 1 N–H and O–H groups in total. The van der Waals surface area contributed by atoms with Gasteiger partial charge in [0, 0.05) is 20.2 Å². The number of amides is 1. The Kier molecular flexibility index (Phi) is 4.15. The zero-order chi connectivity index (χ0) is 11.4. The maximum Gasteiger partial charge on any atom is 0.248 e. The third-order valence-electron chi connectivity index (χ3n) is 3.14. The topological polar surface area (TPSA) is 50.8 Å². The van der Waals surface area contributed by atoms with Crippen LogP contribution in [-0.4, -0.2) is 62.9 Å². The average molecular weight is 228 g/mol. The predicted octanol–water partition coefficient (Wildman–Crippen LogP) is -0.388. The van der Waals surface area contributed by atoms with Crippen LogP contribution >= 0.6 is 0 Å². The molecular weight excluding hydrogens is 208 g/mol. The van der Waals surface area contributed by atoms with E-state index in [2.05, 4.69) is 5.32 Å². The molecule has 0 spiro atoms. The lowest BCUT2D eigenvalue weighted by Crippen LogP contribution is -2.57. The summed E-state index contributed by atoms with van der Waals surface area (Å²) in [6.07, 6.45) is 2.79. The molecule has 16 heavy (non-hydrogen) atoms. The van der Waals surface area contributed by atoms with Gasteiger partial charge in [-0.05, 0) is 25.9 Å². The third kappa shape index (κ3) is 2.93. The summed E-state index contributed by atoms with van der Waals surface area (Å²) in [6, 6.07) is 0. The Morgan fingerprint density at radius 2 is 2.00 bits per heavy atom. The van der Waals surface area contributed by atoms with Crippen LogP contribution < -0.4 is 5.32 Å². The molecule has 2 saturated heterocycles. The molecule has 92 valence electrons. The summed E-state index contributed by atoms with van der Waals surface area (Å²) in [6.45, 7) is 3.73. The van der Waals surface area contributed by atoms with E-state index in [0.29, 0.717) is 6.10 Å². The number of likely N-dealkylation sites (tertiary alicyclic amines) is 1. The van der Waals surface area contributed by atoms with E-state index < -0.39 is 0 Å². The number of hydrogen-bond acceptors (Lipinski definition) is 4. The highest BCUT2D eigenvalue weighted by atomic mass is 16.5. The van der Waals surface area contributed by atoms with Crippen molar-refractivity contribution in [2.45, 2.75) is 25.0 Å². The van der Waals surface area contributed by atoms with Crippen LogP contribution in [0, 0.1) is 0 Å². The fourth-order valence-corrected chi connectivity index (χ4v) is 2.15. The largest absolute Gasteiger partial charge is 0.375 e. The molecule has 0 aromatic heterocycles. The first-order valence-electron chi connectivity index (χ1n) is 5.92. The molecule has 5 heteroatoms. The Balaban J connectivity index is 1.62. The smallest absolute Gasteiger partial charge is 0.248 e. The fraction of sp³-hybridized carbons (Fsp3) is 0.909. The standard InChI is InChI=1S/C11H20N2O3/c1-15-8-11(14)13-6-10(7-13)16-9-2-4-12-5-3-9/h9-10,12H,2-8H2,1H3. The quantitative estimate of drug-likeness (QED) is 0.712. The van der Waals surface area contributed by atoms with Gasteiger partial charge < -0.3 is 19.7 Å². The summed E-state index contributed by atoms with van der Waals surface area (Å²) in [4.78, 5) is 13.2. The zero-order valence-corrected chi connectivity index (χ0v) is 9.78. The van der Waals surface area contributed by atoms with Crippen molar-refractivity contribution in [2.75, 3.05) is 39.9 Å². The van der Waals surface area contributed by atoms with Gasteiger partial charge in [0.15, 0.2) is 0 Å². The van der Waals surface area contributed by atoms with E-state index in [-0.39, 0.29) is 18.6 Å². The van der Waals surface area contributed by atoms with Crippen LogP contribution in [0.3, 0.4) is 0 Å². The molecule has 2 rings (SSSR count). The van der Waals surface area contributed by atoms with Gasteiger partial charge in [-0.15, -0.1) is 0 Å². The Morgan fingerprint density at radius 3 is 2.62 bits per heavy atom. The third-order valence-corrected chi connectivity index (χ3v) is 3.14. The molecule has 2 aliphatic heterocycles. The van der Waals surface area contributed by atoms with E-state index in [0.717, 1.165) is 39.0 Å². The Labute approximate surface area is 96.1 Å². The first-order chi connectivity index (χ1) is 7.79. The van der Waals surface area contributed by atoms with Gasteiger partial charge in [-0.1, -0.05) is 0 Å². The second-order valence-electron chi connectivity index (χ2n) is 4.44. The van der Waals surface area contributed by atoms with Crippen molar-refractivity contribution in [3.63, 3.8) is 0 Å². The Bertz CT molecular complexity index is 235. The van der Waals surface area contributed by atoms with Gasteiger partial charge in [0.1, 0.15) is 6.61 Å². The van der Waals surface area contributed by atoms with Gasteiger partial charge in [-0.3, -0.25) is 4.79 Å². The molecule has 2 aliphatic rings. The number of ether oxygens (including phenoxy) is 2. The van der Waals surface area contributed by atoms with Crippen molar-refractivity contribution in [3.8, 4) is 0 Å². The number of rotatable bonds is 4. The first-order valence-corrected chi connectivity index (χ1v) is 5.92. The van der Waals surface area contributed by atoms with Crippen molar-refractivity contribution in [1.82, 2.24) is 10.2 Å². The lowest BCUT2D eigenvalue weighted by Gasteiger charge is -2.41. The number of nitrogens with one attached hydrogen (secondary N) is 1. The number of hydrogen-bond donors (Lipinski definition) is 1. The van der Waals surface area contributed by atoms with Gasteiger partial charge in [-0.2, -0.15) is 0 Å². The van der Waals surface area contributed by atoms with Gasteiger partial charge in [0.05, 0.1) is 12.2 Å². The second-order valence-corrected chi connectivity index (χ2v) is 4.44. The minimum atomic E-state index is 0.0626. The molecule has 0 aromatic rings. The maximum absolute atomic E-state index is 11.4. The fourth-order valence-electron chi connectivity index (χ4n) is 2.15. The van der Waals surface area contributed by atoms with Gasteiger partial charge >= 0.3 is 0 Å². The summed E-state index contributed by atoms with van der Waals surface area (Å²) in [5.41, 5.74) is 0. The molecule has 2 fully saturated rings. The summed E-state index contributed by atoms with van der Waals surface area (Å²) < 4.78 is 10.7. The van der Waals surface area contributed by atoms with Crippen LogP contribution in [-0.2, 0) is 14.3 Å². The van der Waals surface area contributed by atoms with Crippen molar-refractivity contribution >= 4 is 5.91 Å². The highest BCUT2D eigenvalue weighted by Gasteiger charge is 2.33. The van der Waals surface area contributed by atoms with E-state index in [1.165, 1.54) is 0 Å². The van der Waals surface area contributed by atoms with Crippen LogP contribution in [0.1, 0.15) is 12.8 Å². The van der Waals surface area contributed by atoms with E-state index in [4.69, 9.17) is 9.47 Å². The normalized spacial score (nSPS) is 23.2. The van der Waals surface area contributed by atoms with Crippen molar-refractivity contribution in [3.05, 3.63) is 0 Å². The number of piperidine rings is 1. The van der Waals surface area contributed by atoms with Crippen LogP contribution in [0.5, 0.6) is 0 Å². The molecule has 0 saturated carbocycles. The molecule has 0 unspecified atom stereocenters. The number of carbonyl (C=O) groups excluding carboxylic acids is 1. The van der Waals surface area contributed by atoms with Gasteiger partial charge in [-0.25, -0.2) is 0 Å². The monoisotopic (exact) mass is 228 g/mol. The maximum atomic E-state index is 11.4. The van der Waals surface area contributed by atoms with E-state index in [1.54, 1.807) is 12.0 Å². The highest BCUT2D eigenvalue weighted by molar-refractivity contribution is 5.78. The molecule has 0 atom stereocenters. The molecule has 5 nitrogen and oxygen atoms in total. The second kappa shape index (κ2) is 5.61. The predicted molar refractivity (Wildman–Crippen MR) is 59.2 cm³/mol. The van der Waals surface area contributed by atoms with Crippen LogP contribution in [0.25, 0.3) is 0 Å². The van der Waals surface area contributed by atoms with E-state index in [1.807, 2.05) is 0 Å². The minimum Gasteiger partial charge on any atom is -0.375 e. The van der Waals surface area contributed by atoms with E-state index in [9.17, 15) is 4.79 Å². The molecule has 0 bridgehead atoms. The Hall–Kier alpha value is -0.650. The number of carbonyl (C=O) groups is 1. The summed E-state index contributed by atoms with van der Waals surface area (Å²) in [7, 11) is 1.54. The van der Waals surface area contributed by atoms with Crippen LogP contribution in [0.2, 0.25) is 0 Å². The average Bonchev–Trinajstić information content (AvgIpc) is 2.24. The molecule has 0 aliphatic carbocycles. The van der Waals surface area contributed by atoms with Crippen molar-refractivity contribution in [1.29, 1.82) is 0 Å². The summed E-state index contributed by atoms with van der Waals surface area (Å²) in [5, 5.41) is 3.31. The van der Waals surface area contributed by atoms with E-state index >= 15 is 0 Å². The lowest BCUT2D eigenvalue weighted by atomic mass is 10.1. The van der Waals surface area contributed by atoms with Crippen molar-refractivity contribution in [2.24, 2.45) is 0 Å². The highest BCUT2D eigenvalue weighted by Crippen LogP contribution is 2.17. The molecule has 0 radical (unpaired) electrons. The Morgan fingerprint density at radius 1 is 1.31 bits per heavy atom.